The number of rotatable bonds is 5. The highest BCUT2D eigenvalue weighted by molar-refractivity contribution is 9.10. The lowest BCUT2D eigenvalue weighted by Crippen LogP contribution is -2.16. The van der Waals surface area contributed by atoms with Gasteiger partial charge < -0.3 is 9.88 Å². The molecule has 3 rings (SSSR count). The Hall–Kier alpha value is -1.54. The fourth-order valence-electron chi connectivity index (χ4n) is 2.76. The Morgan fingerprint density at radius 1 is 1.18 bits per heavy atom. The molecule has 0 unspecified atom stereocenters. The molecule has 0 spiro atoms. The van der Waals surface area contributed by atoms with Gasteiger partial charge in [-0.2, -0.15) is 0 Å². The predicted molar refractivity (Wildman–Crippen MR) is 119 cm³/mol. The fourth-order valence-corrected chi connectivity index (χ4v) is 4.65. The average molecular weight is 500 g/mol. The lowest BCUT2D eigenvalue weighted by atomic mass is 10.1. The van der Waals surface area contributed by atoms with Crippen LogP contribution in [0.1, 0.15) is 11.1 Å². The Balaban J connectivity index is 1.70. The Morgan fingerprint density at radius 2 is 1.86 bits per heavy atom. The molecule has 0 aliphatic carbocycles. The van der Waals surface area contributed by atoms with Crippen molar-refractivity contribution in [3.63, 3.8) is 0 Å². The largest absolute Gasteiger partial charge is 0.325 e. The van der Waals surface area contributed by atoms with Gasteiger partial charge in [0.15, 0.2) is 11.0 Å². The van der Waals surface area contributed by atoms with Gasteiger partial charge in [-0.3, -0.25) is 4.79 Å². The Morgan fingerprint density at radius 3 is 2.50 bits per heavy atom. The van der Waals surface area contributed by atoms with Crippen molar-refractivity contribution in [3.8, 4) is 11.4 Å². The van der Waals surface area contributed by atoms with Crippen molar-refractivity contribution in [2.75, 3.05) is 11.1 Å². The van der Waals surface area contributed by atoms with Crippen molar-refractivity contribution in [2.24, 2.45) is 7.05 Å². The molecule has 0 fully saturated rings. The summed E-state index contributed by atoms with van der Waals surface area (Å²) in [7, 11) is 1.84. The smallest absolute Gasteiger partial charge is 0.234 e. The third-order valence-corrected chi connectivity index (χ3v) is 6.13. The lowest BCUT2D eigenvalue weighted by Gasteiger charge is -2.12. The van der Waals surface area contributed by atoms with E-state index >= 15 is 0 Å². The van der Waals surface area contributed by atoms with E-state index in [1.807, 2.05) is 37.6 Å². The van der Waals surface area contributed by atoms with Gasteiger partial charge >= 0.3 is 0 Å². The topological polar surface area (TPSA) is 59.8 Å². The molecular formula is C19H17BrCl2N4OS. The number of thioether (sulfide) groups is 1. The number of benzene rings is 2. The molecule has 5 nitrogen and oxygen atoms in total. The Bertz CT molecular complexity index is 1030. The first-order valence-corrected chi connectivity index (χ1v) is 10.8. The minimum absolute atomic E-state index is 0.104. The van der Waals surface area contributed by atoms with Gasteiger partial charge in [-0.15, -0.1) is 10.2 Å². The van der Waals surface area contributed by atoms with E-state index in [1.54, 1.807) is 18.2 Å². The van der Waals surface area contributed by atoms with Crippen LogP contribution < -0.4 is 5.32 Å². The molecule has 0 aliphatic rings. The zero-order chi connectivity index (χ0) is 20.4. The van der Waals surface area contributed by atoms with E-state index < -0.39 is 0 Å². The van der Waals surface area contributed by atoms with Crippen molar-refractivity contribution >= 4 is 62.5 Å². The normalized spacial score (nSPS) is 10.9. The van der Waals surface area contributed by atoms with Crippen molar-refractivity contribution in [3.05, 3.63) is 56.0 Å². The number of hydrogen-bond donors (Lipinski definition) is 1. The molecule has 0 radical (unpaired) electrons. The molecule has 1 N–H and O–H groups in total. The van der Waals surface area contributed by atoms with Gasteiger partial charge in [-0.25, -0.2) is 0 Å². The van der Waals surface area contributed by atoms with Crippen LogP contribution in [0.5, 0.6) is 0 Å². The third kappa shape index (κ3) is 4.71. The maximum atomic E-state index is 12.4. The highest BCUT2D eigenvalue weighted by Crippen LogP contribution is 2.31. The summed E-state index contributed by atoms with van der Waals surface area (Å²) < 4.78 is 2.80. The van der Waals surface area contributed by atoms with E-state index in [9.17, 15) is 4.79 Å². The molecule has 0 saturated carbocycles. The summed E-state index contributed by atoms with van der Waals surface area (Å²) in [6.07, 6.45) is 0. The van der Waals surface area contributed by atoms with Crippen LogP contribution in [0.3, 0.4) is 0 Å². The summed E-state index contributed by atoms with van der Waals surface area (Å²) >= 11 is 17.0. The summed E-state index contributed by atoms with van der Waals surface area (Å²) in [6, 6.07) is 9.16. The first-order chi connectivity index (χ1) is 13.3. The summed E-state index contributed by atoms with van der Waals surface area (Å²) in [5.41, 5.74) is 3.57. The number of amides is 1. The van der Waals surface area contributed by atoms with E-state index in [-0.39, 0.29) is 11.7 Å². The van der Waals surface area contributed by atoms with E-state index in [1.165, 1.54) is 11.8 Å². The first kappa shape index (κ1) is 21.2. The number of anilines is 1. The predicted octanol–water partition coefficient (Wildman–Crippen LogP) is 5.90. The van der Waals surface area contributed by atoms with Crippen molar-refractivity contribution in [1.82, 2.24) is 14.8 Å². The van der Waals surface area contributed by atoms with Crippen LogP contribution in [0.2, 0.25) is 10.0 Å². The van der Waals surface area contributed by atoms with Crippen molar-refractivity contribution in [2.45, 2.75) is 19.0 Å². The van der Waals surface area contributed by atoms with E-state index in [4.69, 9.17) is 23.2 Å². The highest BCUT2D eigenvalue weighted by Gasteiger charge is 2.16. The number of nitrogens with zero attached hydrogens (tertiary/aromatic N) is 3. The Kier molecular flexibility index (Phi) is 6.70. The molecule has 9 heteroatoms. The third-order valence-electron chi connectivity index (χ3n) is 4.10. The Labute approximate surface area is 186 Å². The molecule has 0 atom stereocenters. The highest BCUT2D eigenvalue weighted by atomic mass is 79.9. The van der Waals surface area contributed by atoms with Crippen LogP contribution in [0.15, 0.2) is 40.0 Å². The van der Waals surface area contributed by atoms with Gasteiger partial charge in [0.1, 0.15) is 0 Å². The monoisotopic (exact) mass is 498 g/mol. The van der Waals surface area contributed by atoms with Gasteiger partial charge in [0.2, 0.25) is 5.91 Å². The molecule has 1 amide bonds. The van der Waals surface area contributed by atoms with Gasteiger partial charge in [-0.1, -0.05) is 50.9 Å². The van der Waals surface area contributed by atoms with Crippen LogP contribution >= 0.6 is 50.9 Å². The van der Waals surface area contributed by atoms with Crippen molar-refractivity contribution in [1.29, 1.82) is 0 Å². The average Bonchev–Trinajstić information content (AvgIpc) is 2.97. The van der Waals surface area contributed by atoms with E-state index in [0.717, 1.165) is 26.9 Å². The second-order valence-electron chi connectivity index (χ2n) is 6.24. The second kappa shape index (κ2) is 8.86. The van der Waals surface area contributed by atoms with Crippen LogP contribution in [0.25, 0.3) is 11.4 Å². The number of carbonyl (C=O) groups is 1. The number of carbonyl (C=O) groups excluding carboxylic acids is 1. The summed E-state index contributed by atoms with van der Waals surface area (Å²) in [5, 5.41) is 13.0. The van der Waals surface area contributed by atoms with E-state index in [2.05, 4.69) is 31.4 Å². The number of aromatic nitrogens is 3. The number of halogens is 3. The quantitative estimate of drug-likeness (QED) is 0.444. The lowest BCUT2D eigenvalue weighted by molar-refractivity contribution is -0.113. The van der Waals surface area contributed by atoms with Crippen molar-refractivity contribution < 1.29 is 4.79 Å². The molecule has 1 heterocycles. The van der Waals surface area contributed by atoms with Gasteiger partial charge in [0.05, 0.1) is 10.8 Å². The minimum Gasteiger partial charge on any atom is -0.325 e. The van der Waals surface area contributed by atoms with Gasteiger partial charge in [0.25, 0.3) is 0 Å². The molecule has 28 heavy (non-hydrogen) atoms. The number of nitrogens with one attached hydrogen (secondary N) is 1. The molecule has 3 aromatic rings. The number of hydrogen-bond acceptors (Lipinski definition) is 4. The summed E-state index contributed by atoms with van der Waals surface area (Å²) in [5.74, 6) is 0.728. The number of aryl methyl sites for hydroxylation is 2. The van der Waals surface area contributed by atoms with Crippen LogP contribution in [-0.2, 0) is 11.8 Å². The molecule has 2 aromatic carbocycles. The zero-order valence-electron chi connectivity index (χ0n) is 15.4. The summed E-state index contributed by atoms with van der Waals surface area (Å²) in [4.78, 5) is 12.4. The SMILES string of the molecule is Cc1cc(Br)cc(C)c1NC(=O)CSc1nnc(-c2ccc(Cl)cc2Cl)n1C. The molecule has 146 valence electrons. The molecule has 0 aliphatic heterocycles. The fraction of sp³-hybridized carbons (Fsp3) is 0.211. The second-order valence-corrected chi connectivity index (χ2v) is 8.94. The van der Waals surface area contributed by atoms with Crippen LogP contribution in [-0.4, -0.2) is 26.4 Å². The maximum Gasteiger partial charge on any atom is 0.234 e. The molecule has 0 bridgehead atoms. The maximum absolute atomic E-state index is 12.4. The van der Waals surface area contributed by atoms with Gasteiger partial charge in [0, 0.05) is 27.8 Å². The molecule has 1 aromatic heterocycles. The van der Waals surface area contributed by atoms with Gasteiger partial charge in [-0.05, 0) is 55.3 Å². The molecular weight excluding hydrogens is 483 g/mol. The standard InChI is InChI=1S/C19H17BrCl2N4OS/c1-10-6-12(20)7-11(2)17(10)23-16(27)9-28-19-25-24-18(26(19)3)14-5-4-13(21)8-15(14)22/h4-8H,9H2,1-3H3,(H,23,27). The van der Waals surface area contributed by atoms with Crippen LogP contribution in [0, 0.1) is 13.8 Å². The summed E-state index contributed by atoms with van der Waals surface area (Å²) in [6.45, 7) is 3.93. The van der Waals surface area contributed by atoms with E-state index in [0.29, 0.717) is 21.0 Å². The van der Waals surface area contributed by atoms with Crippen LogP contribution in [0.4, 0.5) is 5.69 Å². The molecule has 0 saturated heterocycles. The first-order valence-electron chi connectivity index (χ1n) is 8.30. The zero-order valence-corrected chi connectivity index (χ0v) is 19.3. The minimum atomic E-state index is -0.104.